The van der Waals surface area contributed by atoms with E-state index in [9.17, 15) is 4.79 Å². The van der Waals surface area contributed by atoms with Gasteiger partial charge in [-0.3, -0.25) is 10.7 Å². The first-order valence-corrected chi connectivity index (χ1v) is 9.25. The molecule has 1 aliphatic heterocycles. The van der Waals surface area contributed by atoms with E-state index >= 15 is 4.39 Å². The second-order valence-electron chi connectivity index (χ2n) is 6.95. The first-order valence-electron chi connectivity index (χ1n) is 9.25. The molecule has 8 heteroatoms. The minimum atomic E-state index is -0.576. The quantitative estimate of drug-likeness (QED) is 0.539. The number of anilines is 1. The summed E-state index contributed by atoms with van der Waals surface area (Å²) in [6.07, 6.45) is 5.50. The molecule has 0 saturated heterocycles. The number of hydrogen-bond acceptors (Lipinski definition) is 6. The van der Waals surface area contributed by atoms with Crippen molar-refractivity contribution in [3.8, 4) is 5.75 Å². The van der Waals surface area contributed by atoms with Gasteiger partial charge in [-0.15, -0.1) is 0 Å². The largest absolute Gasteiger partial charge is 0.489 e. The number of rotatable bonds is 5. The maximum atomic E-state index is 15.2. The van der Waals surface area contributed by atoms with Crippen LogP contribution in [0.4, 0.5) is 14.9 Å². The fraction of sp³-hybridized carbons (Fsp3) is 0.526. The standard InChI is InChI=1S/C19H27FN4O3/c1-11-7-8-13-17(24(11)19(25)26-3)15(20)9-14(16(23-21)10-22-2)18(13)27-12-5-4-6-12/h9-12,22-23H,4-8,21H2,1-3H3/b16-10-/t11-/m0/s1. The molecular weight excluding hydrogens is 351 g/mol. The number of hydrogen-bond donors (Lipinski definition) is 3. The summed E-state index contributed by atoms with van der Waals surface area (Å²) in [4.78, 5) is 13.7. The van der Waals surface area contributed by atoms with Gasteiger partial charge in [-0.25, -0.2) is 9.18 Å². The molecule has 1 aromatic rings. The van der Waals surface area contributed by atoms with Crippen LogP contribution in [-0.4, -0.2) is 32.4 Å². The molecule has 148 valence electrons. The topological polar surface area (TPSA) is 88.9 Å². The van der Waals surface area contributed by atoms with Crippen molar-refractivity contribution in [3.05, 3.63) is 29.2 Å². The lowest BCUT2D eigenvalue weighted by molar-refractivity contribution is 0.118. The van der Waals surface area contributed by atoms with Crippen LogP contribution in [0.2, 0.25) is 0 Å². The predicted molar refractivity (Wildman–Crippen MR) is 102 cm³/mol. The zero-order chi connectivity index (χ0) is 19.6. The lowest BCUT2D eigenvalue weighted by Gasteiger charge is -2.37. The first kappa shape index (κ1) is 19.3. The maximum absolute atomic E-state index is 15.2. The van der Waals surface area contributed by atoms with Gasteiger partial charge in [-0.1, -0.05) is 0 Å². The molecule has 0 aromatic heterocycles. The van der Waals surface area contributed by atoms with Gasteiger partial charge >= 0.3 is 6.09 Å². The molecule has 0 unspecified atom stereocenters. The number of nitrogens with one attached hydrogen (secondary N) is 2. The van der Waals surface area contributed by atoms with Gasteiger partial charge in [0.1, 0.15) is 11.6 Å². The van der Waals surface area contributed by atoms with Crippen LogP contribution in [0.1, 0.15) is 43.7 Å². The lowest BCUT2D eigenvalue weighted by atomic mass is 9.91. The fourth-order valence-corrected chi connectivity index (χ4v) is 3.57. The van der Waals surface area contributed by atoms with Crippen LogP contribution < -0.4 is 26.2 Å². The molecule has 0 spiro atoms. The second kappa shape index (κ2) is 8.04. The molecule has 7 nitrogen and oxygen atoms in total. The van der Waals surface area contributed by atoms with Crippen molar-refractivity contribution in [2.24, 2.45) is 5.84 Å². The van der Waals surface area contributed by atoms with Crippen molar-refractivity contribution in [3.63, 3.8) is 0 Å². The normalized spacial score (nSPS) is 19.8. The van der Waals surface area contributed by atoms with Crippen LogP contribution in [0.5, 0.6) is 5.75 Å². The average Bonchev–Trinajstić information content (AvgIpc) is 2.63. The first-order chi connectivity index (χ1) is 13.0. The van der Waals surface area contributed by atoms with Crippen LogP contribution >= 0.6 is 0 Å². The molecule has 27 heavy (non-hydrogen) atoms. The van der Waals surface area contributed by atoms with Crippen LogP contribution in [0, 0.1) is 5.82 Å². The minimum absolute atomic E-state index is 0.0952. The molecule has 1 fully saturated rings. The van der Waals surface area contributed by atoms with E-state index in [1.165, 1.54) is 18.1 Å². The van der Waals surface area contributed by atoms with Gasteiger partial charge in [-0.2, -0.15) is 0 Å². The Balaban J connectivity index is 2.18. The highest BCUT2D eigenvalue weighted by atomic mass is 19.1. The van der Waals surface area contributed by atoms with Crippen LogP contribution in [0.25, 0.3) is 5.70 Å². The van der Waals surface area contributed by atoms with Crippen molar-refractivity contribution < 1.29 is 18.7 Å². The number of nitrogens with zero attached hydrogens (tertiary/aromatic N) is 1. The van der Waals surface area contributed by atoms with Crippen LogP contribution in [0.3, 0.4) is 0 Å². The van der Waals surface area contributed by atoms with Gasteiger partial charge < -0.3 is 20.2 Å². The maximum Gasteiger partial charge on any atom is 0.414 e. The number of nitrogens with two attached hydrogens (primary N) is 1. The summed E-state index contributed by atoms with van der Waals surface area (Å²) in [7, 11) is 3.03. The molecule has 3 rings (SSSR count). The monoisotopic (exact) mass is 378 g/mol. The van der Waals surface area contributed by atoms with Crippen molar-refractivity contribution in [1.29, 1.82) is 0 Å². The van der Waals surface area contributed by atoms with E-state index in [0.29, 0.717) is 35.4 Å². The van der Waals surface area contributed by atoms with E-state index < -0.39 is 11.9 Å². The van der Waals surface area contributed by atoms with Crippen LogP contribution in [0.15, 0.2) is 12.3 Å². The molecule has 1 heterocycles. The van der Waals surface area contributed by atoms with E-state index in [-0.39, 0.29) is 17.8 Å². The molecule has 1 aromatic carbocycles. The Morgan fingerprint density at radius 2 is 2.15 bits per heavy atom. The Bertz CT molecular complexity index is 749. The number of benzene rings is 1. The fourth-order valence-electron chi connectivity index (χ4n) is 3.57. The van der Waals surface area contributed by atoms with E-state index in [2.05, 4.69) is 10.7 Å². The summed E-state index contributed by atoms with van der Waals surface area (Å²) < 4.78 is 26.3. The summed E-state index contributed by atoms with van der Waals surface area (Å²) in [5.74, 6) is 5.74. The van der Waals surface area contributed by atoms with Crippen molar-refractivity contribution in [2.75, 3.05) is 19.1 Å². The Hall–Kier alpha value is -2.48. The number of fused-ring (bicyclic) bond motifs is 1. The zero-order valence-corrected chi connectivity index (χ0v) is 16.0. The van der Waals surface area contributed by atoms with E-state index in [1.807, 2.05) is 6.92 Å². The molecule has 0 bridgehead atoms. The van der Waals surface area contributed by atoms with Gasteiger partial charge in [0.05, 0.1) is 24.6 Å². The number of carbonyl (C=O) groups is 1. The third-order valence-electron chi connectivity index (χ3n) is 5.24. The number of carbonyl (C=O) groups excluding carboxylic acids is 1. The van der Waals surface area contributed by atoms with Crippen molar-refractivity contribution >= 4 is 17.5 Å². The predicted octanol–water partition coefficient (Wildman–Crippen LogP) is 2.65. The SMILES string of the molecule is CN/C=C(\NN)c1cc(F)c2c(c1OC1CCC1)CC[C@H](C)N2C(=O)OC. The molecule has 1 saturated carbocycles. The number of amides is 1. The van der Waals surface area contributed by atoms with Gasteiger partial charge in [0.25, 0.3) is 0 Å². The highest BCUT2D eigenvalue weighted by Crippen LogP contribution is 2.44. The third-order valence-corrected chi connectivity index (χ3v) is 5.24. The van der Waals surface area contributed by atoms with E-state index in [1.54, 1.807) is 13.2 Å². The van der Waals surface area contributed by atoms with Crippen molar-refractivity contribution in [1.82, 2.24) is 10.7 Å². The number of halogens is 1. The Morgan fingerprint density at radius 1 is 1.41 bits per heavy atom. The van der Waals surface area contributed by atoms with Crippen molar-refractivity contribution in [2.45, 2.75) is 51.2 Å². The molecule has 2 aliphatic rings. The summed E-state index contributed by atoms with van der Waals surface area (Å²) in [5, 5.41) is 2.90. The van der Waals surface area contributed by atoms with E-state index in [4.69, 9.17) is 15.3 Å². The Kier molecular flexibility index (Phi) is 5.74. The molecule has 1 atom stereocenters. The average molecular weight is 378 g/mol. The zero-order valence-electron chi connectivity index (χ0n) is 16.0. The molecule has 1 aliphatic carbocycles. The summed E-state index contributed by atoms with van der Waals surface area (Å²) in [5.41, 5.74) is 4.56. The number of hydrazine groups is 1. The second-order valence-corrected chi connectivity index (χ2v) is 6.95. The summed E-state index contributed by atoms with van der Waals surface area (Å²) >= 11 is 0. The Morgan fingerprint density at radius 3 is 2.70 bits per heavy atom. The molecule has 0 radical (unpaired) electrons. The van der Waals surface area contributed by atoms with Crippen LogP contribution in [-0.2, 0) is 11.2 Å². The van der Waals surface area contributed by atoms with Gasteiger partial charge in [0.2, 0.25) is 0 Å². The highest BCUT2D eigenvalue weighted by molar-refractivity contribution is 5.92. The molecule has 4 N–H and O–H groups in total. The molecule has 1 amide bonds. The minimum Gasteiger partial charge on any atom is -0.489 e. The number of methoxy groups -OCH3 is 1. The van der Waals surface area contributed by atoms with Gasteiger partial charge in [0.15, 0.2) is 0 Å². The van der Waals surface area contributed by atoms with E-state index in [0.717, 1.165) is 19.3 Å². The Labute approximate surface area is 158 Å². The smallest absolute Gasteiger partial charge is 0.414 e. The highest BCUT2D eigenvalue weighted by Gasteiger charge is 2.36. The third kappa shape index (κ3) is 3.53. The number of ether oxygens (including phenoxy) is 2. The summed E-state index contributed by atoms with van der Waals surface area (Å²) in [6.45, 7) is 1.88. The van der Waals surface area contributed by atoms with Gasteiger partial charge in [0, 0.05) is 30.4 Å². The lowest BCUT2D eigenvalue weighted by Crippen LogP contribution is -2.43. The van der Waals surface area contributed by atoms with Gasteiger partial charge in [-0.05, 0) is 45.1 Å². The summed E-state index contributed by atoms with van der Waals surface area (Å²) in [6, 6.07) is 1.20. The molecular formula is C19H27FN4O3.